The third-order valence-electron chi connectivity index (χ3n) is 3.71. The van der Waals surface area contributed by atoms with Crippen LogP contribution in [0.1, 0.15) is 38.4 Å². The van der Waals surface area contributed by atoms with Crippen molar-refractivity contribution in [3.05, 3.63) is 11.9 Å². The minimum Gasteiger partial charge on any atom is -0.396 e. The second-order valence-corrected chi connectivity index (χ2v) is 5.16. The summed E-state index contributed by atoms with van der Waals surface area (Å²) in [6, 6.07) is 2.30. The molecular weight excluding hydrogens is 270 g/mol. The summed E-state index contributed by atoms with van der Waals surface area (Å²) >= 11 is 0. The standard InChI is InChI=1S/C14H25N5O2/c1-2-21-10-13-16-12(18-15)9-14(17-13)19-7-3-5-11(19)6-4-8-20/h9,11,20H,2-8,10,15H2,1H3,(H,16,17,18). The van der Waals surface area contributed by atoms with Crippen molar-refractivity contribution in [3.8, 4) is 0 Å². The molecule has 0 bridgehead atoms. The maximum absolute atomic E-state index is 9.02. The van der Waals surface area contributed by atoms with Crippen LogP contribution >= 0.6 is 0 Å². The number of aliphatic hydroxyl groups excluding tert-OH is 1. The van der Waals surface area contributed by atoms with Crippen molar-refractivity contribution >= 4 is 11.6 Å². The van der Waals surface area contributed by atoms with E-state index in [0.717, 1.165) is 38.0 Å². The number of anilines is 2. The number of nitrogen functional groups attached to an aromatic ring is 1. The van der Waals surface area contributed by atoms with Gasteiger partial charge in [0.15, 0.2) is 5.82 Å². The summed E-state index contributed by atoms with van der Waals surface area (Å²) < 4.78 is 5.38. The summed E-state index contributed by atoms with van der Waals surface area (Å²) in [5, 5.41) is 9.02. The Morgan fingerprint density at radius 2 is 2.38 bits per heavy atom. The molecule has 0 aliphatic carbocycles. The van der Waals surface area contributed by atoms with Crippen LogP contribution in [0.4, 0.5) is 11.6 Å². The number of ether oxygens (including phenoxy) is 1. The highest BCUT2D eigenvalue weighted by Gasteiger charge is 2.26. The zero-order valence-electron chi connectivity index (χ0n) is 12.6. The molecule has 4 N–H and O–H groups in total. The monoisotopic (exact) mass is 295 g/mol. The van der Waals surface area contributed by atoms with Crippen molar-refractivity contribution in [2.75, 3.05) is 30.1 Å². The Labute approximate surface area is 125 Å². The van der Waals surface area contributed by atoms with E-state index in [1.807, 2.05) is 13.0 Å². The van der Waals surface area contributed by atoms with Crippen molar-refractivity contribution in [1.29, 1.82) is 0 Å². The molecule has 7 nitrogen and oxygen atoms in total. The average Bonchev–Trinajstić information content (AvgIpc) is 2.99. The number of hydrogen-bond acceptors (Lipinski definition) is 7. The van der Waals surface area contributed by atoms with Crippen LogP contribution in [0.25, 0.3) is 0 Å². The molecule has 1 aliphatic heterocycles. The summed E-state index contributed by atoms with van der Waals surface area (Å²) in [5.74, 6) is 7.61. The number of hydrazine groups is 1. The minimum atomic E-state index is 0.235. The van der Waals surface area contributed by atoms with E-state index in [2.05, 4.69) is 20.3 Å². The van der Waals surface area contributed by atoms with Gasteiger partial charge in [-0.2, -0.15) is 0 Å². The van der Waals surface area contributed by atoms with E-state index >= 15 is 0 Å². The molecule has 2 rings (SSSR count). The van der Waals surface area contributed by atoms with Crippen LogP contribution in [0, 0.1) is 0 Å². The maximum Gasteiger partial charge on any atom is 0.158 e. The Kier molecular flexibility index (Phi) is 6.16. The Balaban J connectivity index is 2.16. The van der Waals surface area contributed by atoms with Crippen molar-refractivity contribution < 1.29 is 9.84 Å². The molecule has 1 fully saturated rings. The minimum absolute atomic E-state index is 0.235. The lowest BCUT2D eigenvalue weighted by atomic mass is 10.1. The molecule has 0 amide bonds. The van der Waals surface area contributed by atoms with Gasteiger partial charge in [0.05, 0.1) is 0 Å². The zero-order chi connectivity index (χ0) is 15.1. The average molecular weight is 295 g/mol. The molecule has 1 aliphatic rings. The molecule has 1 atom stereocenters. The Morgan fingerprint density at radius 3 is 3.10 bits per heavy atom. The molecule has 7 heteroatoms. The number of rotatable bonds is 8. The van der Waals surface area contributed by atoms with Crippen molar-refractivity contribution in [2.45, 2.75) is 45.3 Å². The highest BCUT2D eigenvalue weighted by Crippen LogP contribution is 2.28. The first kappa shape index (κ1) is 15.9. The molecule has 0 radical (unpaired) electrons. The summed E-state index contributed by atoms with van der Waals surface area (Å²) in [6.45, 7) is 4.16. The number of nitrogens with two attached hydrogens (primary N) is 1. The van der Waals surface area contributed by atoms with E-state index < -0.39 is 0 Å². The van der Waals surface area contributed by atoms with Gasteiger partial charge in [0.1, 0.15) is 18.2 Å². The van der Waals surface area contributed by atoms with Gasteiger partial charge in [-0.05, 0) is 32.6 Å². The second-order valence-electron chi connectivity index (χ2n) is 5.16. The lowest BCUT2D eigenvalue weighted by Gasteiger charge is -2.26. The van der Waals surface area contributed by atoms with E-state index in [1.54, 1.807) is 0 Å². The van der Waals surface area contributed by atoms with E-state index in [-0.39, 0.29) is 6.61 Å². The predicted molar refractivity (Wildman–Crippen MR) is 81.9 cm³/mol. The fraction of sp³-hybridized carbons (Fsp3) is 0.714. The van der Waals surface area contributed by atoms with Crippen LogP contribution in [-0.2, 0) is 11.3 Å². The van der Waals surface area contributed by atoms with Gasteiger partial charge in [0, 0.05) is 31.9 Å². The van der Waals surface area contributed by atoms with E-state index in [9.17, 15) is 0 Å². The van der Waals surface area contributed by atoms with Gasteiger partial charge >= 0.3 is 0 Å². The van der Waals surface area contributed by atoms with Gasteiger partial charge in [-0.3, -0.25) is 0 Å². The molecule has 0 aromatic carbocycles. The molecule has 118 valence electrons. The largest absolute Gasteiger partial charge is 0.396 e. The number of nitrogens with one attached hydrogen (secondary N) is 1. The summed E-state index contributed by atoms with van der Waals surface area (Å²) in [4.78, 5) is 11.2. The first-order chi connectivity index (χ1) is 10.3. The molecule has 1 aromatic rings. The smallest absolute Gasteiger partial charge is 0.158 e. The van der Waals surface area contributed by atoms with Gasteiger partial charge in [-0.15, -0.1) is 0 Å². The SMILES string of the molecule is CCOCc1nc(NN)cc(N2CCCC2CCCO)n1. The summed E-state index contributed by atoms with van der Waals surface area (Å²) in [5.41, 5.74) is 2.59. The van der Waals surface area contributed by atoms with Crippen LogP contribution in [-0.4, -0.2) is 40.9 Å². The molecule has 21 heavy (non-hydrogen) atoms. The summed E-state index contributed by atoms with van der Waals surface area (Å²) in [7, 11) is 0. The Morgan fingerprint density at radius 1 is 1.52 bits per heavy atom. The molecule has 1 saturated heterocycles. The Hall–Kier alpha value is -1.44. The highest BCUT2D eigenvalue weighted by molar-refractivity contribution is 5.50. The molecule has 0 spiro atoms. The fourth-order valence-electron chi connectivity index (χ4n) is 2.73. The number of aromatic nitrogens is 2. The highest BCUT2D eigenvalue weighted by atomic mass is 16.5. The maximum atomic E-state index is 9.02. The van der Waals surface area contributed by atoms with Crippen LogP contribution in [0.2, 0.25) is 0 Å². The Bertz CT molecular complexity index is 443. The van der Waals surface area contributed by atoms with E-state index in [1.165, 1.54) is 0 Å². The van der Waals surface area contributed by atoms with Crippen molar-refractivity contribution in [1.82, 2.24) is 9.97 Å². The van der Waals surface area contributed by atoms with Crippen molar-refractivity contribution in [3.63, 3.8) is 0 Å². The van der Waals surface area contributed by atoms with Gasteiger partial charge in [0.25, 0.3) is 0 Å². The first-order valence-electron chi connectivity index (χ1n) is 7.58. The molecule has 1 aromatic heterocycles. The zero-order valence-corrected chi connectivity index (χ0v) is 12.6. The third kappa shape index (κ3) is 4.26. The first-order valence-corrected chi connectivity index (χ1v) is 7.58. The van der Waals surface area contributed by atoms with E-state index in [0.29, 0.717) is 30.9 Å². The van der Waals surface area contributed by atoms with Gasteiger partial charge in [0.2, 0.25) is 0 Å². The topological polar surface area (TPSA) is 96.5 Å². The molecule has 1 unspecified atom stereocenters. The second kappa shape index (κ2) is 8.11. The fourth-order valence-corrected chi connectivity index (χ4v) is 2.73. The number of aliphatic hydroxyl groups is 1. The van der Waals surface area contributed by atoms with Crippen LogP contribution in [0.5, 0.6) is 0 Å². The van der Waals surface area contributed by atoms with Gasteiger partial charge < -0.3 is 20.2 Å². The van der Waals surface area contributed by atoms with Crippen molar-refractivity contribution in [2.24, 2.45) is 5.84 Å². The van der Waals surface area contributed by atoms with E-state index in [4.69, 9.17) is 15.7 Å². The lowest BCUT2D eigenvalue weighted by Crippen LogP contribution is -2.30. The molecular formula is C14H25N5O2. The quantitative estimate of drug-likeness (QED) is 0.487. The van der Waals surface area contributed by atoms with Gasteiger partial charge in [-0.1, -0.05) is 0 Å². The number of nitrogens with zero attached hydrogens (tertiary/aromatic N) is 3. The molecule has 0 saturated carbocycles. The normalized spacial score (nSPS) is 18.2. The van der Waals surface area contributed by atoms with Crippen LogP contribution in [0.15, 0.2) is 6.07 Å². The predicted octanol–water partition coefficient (Wildman–Crippen LogP) is 1.04. The van der Waals surface area contributed by atoms with Crippen LogP contribution in [0.3, 0.4) is 0 Å². The third-order valence-corrected chi connectivity index (χ3v) is 3.71. The van der Waals surface area contributed by atoms with Crippen LogP contribution < -0.4 is 16.2 Å². The number of hydrogen-bond donors (Lipinski definition) is 3. The molecule has 2 heterocycles. The van der Waals surface area contributed by atoms with Gasteiger partial charge in [-0.25, -0.2) is 15.8 Å². The summed E-state index contributed by atoms with van der Waals surface area (Å²) in [6.07, 6.45) is 4.08. The lowest BCUT2D eigenvalue weighted by molar-refractivity contribution is 0.128.